The molecule has 0 saturated heterocycles. The summed E-state index contributed by atoms with van der Waals surface area (Å²) in [6, 6.07) is 12.9. The van der Waals surface area contributed by atoms with Crippen LogP contribution in [0.15, 0.2) is 47.4 Å². The molecule has 0 N–H and O–H groups in total. The molecule has 2 heteroatoms. The summed E-state index contributed by atoms with van der Waals surface area (Å²) in [5, 5.41) is 2.11. The highest BCUT2D eigenvalue weighted by Gasteiger charge is 2.22. The van der Waals surface area contributed by atoms with Crippen LogP contribution in [0.25, 0.3) is 16.5 Å². The van der Waals surface area contributed by atoms with E-state index in [1.165, 1.54) is 38.3 Å². The number of rotatable bonds is 2. The molecule has 136 valence electrons. The van der Waals surface area contributed by atoms with Crippen LogP contribution in [0, 0.1) is 27.7 Å². The third kappa shape index (κ3) is 3.30. The molecule has 27 heavy (non-hydrogen) atoms. The number of hydrogen-bond acceptors (Lipinski definition) is 2. The van der Waals surface area contributed by atoms with Crippen LogP contribution in [-0.2, 0) is 6.42 Å². The fourth-order valence-corrected chi connectivity index (χ4v) is 4.65. The highest BCUT2D eigenvalue weighted by molar-refractivity contribution is 7.13. The van der Waals surface area contributed by atoms with Gasteiger partial charge >= 0.3 is 0 Å². The van der Waals surface area contributed by atoms with Crippen molar-refractivity contribution >= 4 is 23.2 Å². The molecule has 2 aromatic carbocycles. The molecule has 0 aliphatic heterocycles. The van der Waals surface area contributed by atoms with E-state index in [4.69, 9.17) is 0 Å². The molecule has 1 aliphatic rings. The second-order valence-electron chi connectivity index (χ2n) is 7.58. The average Bonchev–Trinajstić information content (AvgIpc) is 3.16. The highest BCUT2D eigenvalue weighted by Crippen LogP contribution is 2.33. The molecule has 0 bridgehead atoms. The SMILES string of the molecule is Cc1cc2c(cc1C)C(=O)C(=Cc1cc(C)c(C)c(-c3cccs3)c1)CC2. The van der Waals surface area contributed by atoms with Crippen molar-refractivity contribution in [2.75, 3.05) is 0 Å². The van der Waals surface area contributed by atoms with E-state index in [1.807, 2.05) is 0 Å². The minimum atomic E-state index is 0.190. The molecule has 0 spiro atoms. The molecule has 1 aliphatic carbocycles. The zero-order chi connectivity index (χ0) is 19.1. The monoisotopic (exact) mass is 372 g/mol. The maximum Gasteiger partial charge on any atom is 0.189 e. The van der Waals surface area contributed by atoms with E-state index >= 15 is 0 Å². The first-order valence-corrected chi connectivity index (χ1v) is 10.3. The number of allylic oxidation sites excluding steroid dienone is 1. The van der Waals surface area contributed by atoms with E-state index < -0.39 is 0 Å². The Labute approximate surface area is 165 Å². The van der Waals surface area contributed by atoms with Crippen LogP contribution in [0.1, 0.15) is 50.2 Å². The minimum Gasteiger partial charge on any atom is -0.289 e. The van der Waals surface area contributed by atoms with Crippen LogP contribution in [0.2, 0.25) is 0 Å². The number of hydrogen-bond donors (Lipinski definition) is 0. The van der Waals surface area contributed by atoms with Gasteiger partial charge in [0.1, 0.15) is 0 Å². The van der Waals surface area contributed by atoms with Crippen LogP contribution in [0.5, 0.6) is 0 Å². The lowest BCUT2D eigenvalue weighted by atomic mass is 9.83. The number of aryl methyl sites for hydroxylation is 4. The molecule has 1 aromatic heterocycles. The quantitative estimate of drug-likeness (QED) is 0.449. The number of carbonyl (C=O) groups excluding carboxylic acids is 1. The zero-order valence-electron chi connectivity index (χ0n) is 16.3. The largest absolute Gasteiger partial charge is 0.289 e. The lowest BCUT2D eigenvalue weighted by Gasteiger charge is -2.19. The van der Waals surface area contributed by atoms with Gasteiger partial charge in [-0.05, 0) is 109 Å². The normalized spacial score (nSPS) is 15.3. The molecule has 0 amide bonds. The average molecular weight is 373 g/mol. The zero-order valence-corrected chi connectivity index (χ0v) is 17.2. The van der Waals surface area contributed by atoms with E-state index in [2.05, 4.69) is 75.5 Å². The van der Waals surface area contributed by atoms with E-state index in [0.29, 0.717) is 0 Å². The van der Waals surface area contributed by atoms with Crippen molar-refractivity contribution in [3.63, 3.8) is 0 Å². The van der Waals surface area contributed by atoms with Crippen LogP contribution in [-0.4, -0.2) is 5.78 Å². The molecular formula is C25H24OS. The van der Waals surface area contributed by atoms with Gasteiger partial charge in [0.15, 0.2) is 5.78 Å². The van der Waals surface area contributed by atoms with Crippen LogP contribution < -0.4 is 0 Å². The van der Waals surface area contributed by atoms with Gasteiger partial charge < -0.3 is 0 Å². The summed E-state index contributed by atoms with van der Waals surface area (Å²) >= 11 is 1.76. The lowest BCUT2D eigenvalue weighted by Crippen LogP contribution is -2.15. The van der Waals surface area contributed by atoms with Gasteiger partial charge in [0.25, 0.3) is 0 Å². The molecule has 1 nitrogen and oxygen atoms in total. The second-order valence-corrected chi connectivity index (χ2v) is 8.53. The number of ketones is 1. The summed E-state index contributed by atoms with van der Waals surface area (Å²) in [6.45, 7) is 8.52. The Morgan fingerprint density at radius 2 is 1.67 bits per heavy atom. The number of thiophene rings is 1. The van der Waals surface area contributed by atoms with Crippen molar-refractivity contribution in [3.8, 4) is 10.4 Å². The number of fused-ring (bicyclic) bond motifs is 1. The summed E-state index contributed by atoms with van der Waals surface area (Å²) in [4.78, 5) is 14.4. The predicted octanol–water partition coefficient (Wildman–Crippen LogP) is 6.86. The topological polar surface area (TPSA) is 17.1 Å². The van der Waals surface area contributed by atoms with Crippen molar-refractivity contribution in [1.29, 1.82) is 0 Å². The van der Waals surface area contributed by atoms with Crippen LogP contribution in [0.4, 0.5) is 0 Å². The van der Waals surface area contributed by atoms with Crippen molar-refractivity contribution in [1.82, 2.24) is 0 Å². The van der Waals surface area contributed by atoms with Crippen molar-refractivity contribution < 1.29 is 4.79 Å². The van der Waals surface area contributed by atoms with E-state index in [9.17, 15) is 4.79 Å². The van der Waals surface area contributed by atoms with E-state index in [1.54, 1.807) is 11.3 Å². The molecule has 0 saturated carbocycles. The Bertz CT molecular complexity index is 1070. The van der Waals surface area contributed by atoms with Gasteiger partial charge in [0.2, 0.25) is 0 Å². The first-order chi connectivity index (χ1) is 12.9. The van der Waals surface area contributed by atoms with E-state index in [-0.39, 0.29) is 5.78 Å². The lowest BCUT2D eigenvalue weighted by molar-refractivity contribution is 0.102. The molecule has 0 unspecified atom stereocenters. The Kier molecular flexibility index (Phi) is 4.61. The van der Waals surface area contributed by atoms with Crippen molar-refractivity contribution in [2.45, 2.75) is 40.5 Å². The van der Waals surface area contributed by atoms with Crippen LogP contribution in [0.3, 0.4) is 0 Å². The second kappa shape index (κ2) is 6.94. The molecule has 1 heterocycles. The van der Waals surface area contributed by atoms with Crippen LogP contribution >= 0.6 is 11.3 Å². The molecule has 4 rings (SSSR count). The summed E-state index contributed by atoms with van der Waals surface area (Å²) < 4.78 is 0. The van der Waals surface area contributed by atoms with Gasteiger partial charge in [-0.15, -0.1) is 11.3 Å². The maximum absolute atomic E-state index is 13.1. The Balaban J connectivity index is 1.76. The molecule has 0 radical (unpaired) electrons. The van der Waals surface area contributed by atoms with E-state index in [0.717, 1.165) is 29.5 Å². The smallest absolute Gasteiger partial charge is 0.189 e. The Hall–Kier alpha value is -2.45. The summed E-state index contributed by atoms with van der Waals surface area (Å²) in [7, 11) is 0. The number of benzene rings is 2. The fourth-order valence-electron chi connectivity index (χ4n) is 3.85. The third-order valence-corrected chi connectivity index (χ3v) is 6.64. The standard InChI is InChI=1S/C25H24OS/c1-15-11-20-7-8-21(25(26)23(20)12-16(15)2)13-19-10-17(3)18(4)22(14-19)24-6-5-9-27-24/h5-6,9-14H,7-8H2,1-4H3. The van der Waals surface area contributed by atoms with Gasteiger partial charge in [-0.25, -0.2) is 0 Å². The first-order valence-electron chi connectivity index (χ1n) is 9.44. The summed E-state index contributed by atoms with van der Waals surface area (Å²) in [5.74, 6) is 0.190. The molecule has 0 fully saturated rings. The van der Waals surface area contributed by atoms with Gasteiger partial charge in [-0.2, -0.15) is 0 Å². The van der Waals surface area contributed by atoms with Crippen molar-refractivity contribution in [3.05, 3.63) is 86.3 Å². The third-order valence-electron chi connectivity index (χ3n) is 5.74. The molecule has 3 aromatic rings. The predicted molar refractivity (Wildman–Crippen MR) is 116 cm³/mol. The first kappa shape index (κ1) is 17.9. The van der Waals surface area contributed by atoms with Gasteiger partial charge in [-0.1, -0.05) is 18.2 Å². The van der Waals surface area contributed by atoms with Gasteiger partial charge in [0.05, 0.1) is 0 Å². The minimum absolute atomic E-state index is 0.190. The highest BCUT2D eigenvalue weighted by atomic mass is 32.1. The number of Topliss-reactive ketones (excluding diaryl/α,β-unsaturated/α-hetero) is 1. The van der Waals surface area contributed by atoms with Gasteiger partial charge in [-0.3, -0.25) is 4.79 Å². The number of carbonyl (C=O) groups is 1. The fraction of sp³-hybridized carbons (Fsp3) is 0.240. The summed E-state index contributed by atoms with van der Waals surface area (Å²) in [6.07, 6.45) is 3.86. The Morgan fingerprint density at radius 3 is 2.41 bits per heavy atom. The van der Waals surface area contributed by atoms with Gasteiger partial charge in [0, 0.05) is 16.0 Å². The van der Waals surface area contributed by atoms with Crippen molar-refractivity contribution in [2.24, 2.45) is 0 Å². The molecular weight excluding hydrogens is 348 g/mol. The summed E-state index contributed by atoms with van der Waals surface area (Å²) in [5.41, 5.74) is 10.4. The Morgan fingerprint density at radius 1 is 0.889 bits per heavy atom. The molecule has 0 atom stereocenters. The maximum atomic E-state index is 13.1.